The molecule has 14 heavy (non-hydrogen) atoms. The number of halogens is 1. The maximum Gasteiger partial charge on any atom is 0.327 e. The second kappa shape index (κ2) is 4.86. The summed E-state index contributed by atoms with van der Waals surface area (Å²) in [6, 6.07) is 6.80. The van der Waals surface area contributed by atoms with Crippen molar-refractivity contribution in [1.29, 1.82) is 0 Å². The van der Waals surface area contributed by atoms with Crippen LogP contribution in [-0.4, -0.2) is 19.1 Å². The van der Waals surface area contributed by atoms with Crippen LogP contribution in [0.25, 0.3) is 0 Å². The van der Waals surface area contributed by atoms with Crippen LogP contribution in [0.3, 0.4) is 0 Å². The molecule has 1 N–H and O–H groups in total. The second-order valence-electron chi connectivity index (χ2n) is 2.90. The Balaban J connectivity index is 2.64. The third kappa shape index (κ3) is 2.92. The quantitative estimate of drug-likeness (QED) is 0.784. The average Bonchev–Trinajstić information content (AvgIpc) is 2.16. The molecule has 76 valence electrons. The van der Waals surface area contributed by atoms with Crippen molar-refractivity contribution in [2.75, 3.05) is 12.4 Å². The van der Waals surface area contributed by atoms with Gasteiger partial charge in [0.15, 0.2) is 0 Å². The highest BCUT2D eigenvalue weighted by Gasteiger charge is 2.11. The van der Waals surface area contributed by atoms with Crippen molar-refractivity contribution >= 4 is 23.3 Å². The molecule has 0 aliphatic rings. The molecule has 1 rings (SSSR count). The molecule has 0 saturated heterocycles. The molecular weight excluding hydrogens is 202 g/mol. The smallest absolute Gasteiger partial charge is 0.327 e. The molecule has 0 aliphatic heterocycles. The Morgan fingerprint density at radius 2 is 2.29 bits per heavy atom. The first-order chi connectivity index (χ1) is 6.63. The molecule has 1 aromatic carbocycles. The molecule has 0 heterocycles. The predicted molar refractivity (Wildman–Crippen MR) is 56.6 cm³/mol. The summed E-state index contributed by atoms with van der Waals surface area (Å²) in [6.45, 7) is 1.73. The first-order valence-electron chi connectivity index (χ1n) is 4.23. The van der Waals surface area contributed by atoms with Gasteiger partial charge >= 0.3 is 5.97 Å². The van der Waals surface area contributed by atoms with Crippen molar-refractivity contribution in [2.45, 2.75) is 13.0 Å². The Labute approximate surface area is 88.0 Å². The van der Waals surface area contributed by atoms with E-state index in [1.165, 1.54) is 7.11 Å². The van der Waals surface area contributed by atoms with Gasteiger partial charge in [0.05, 0.1) is 7.11 Å². The number of ether oxygens (including phenoxy) is 1. The van der Waals surface area contributed by atoms with E-state index >= 15 is 0 Å². The SMILES string of the molecule is COC(=O)[C@H](C)Nc1cccc(Cl)c1. The Hall–Kier alpha value is -1.22. The summed E-state index contributed by atoms with van der Waals surface area (Å²) in [7, 11) is 1.36. The van der Waals surface area contributed by atoms with E-state index in [1.807, 2.05) is 12.1 Å². The lowest BCUT2D eigenvalue weighted by Crippen LogP contribution is -2.27. The van der Waals surface area contributed by atoms with Crippen LogP contribution in [0, 0.1) is 0 Å². The highest BCUT2D eigenvalue weighted by molar-refractivity contribution is 6.30. The zero-order valence-corrected chi connectivity index (χ0v) is 8.84. The highest BCUT2D eigenvalue weighted by atomic mass is 35.5. The Morgan fingerprint density at radius 1 is 1.57 bits per heavy atom. The molecule has 0 spiro atoms. The molecule has 4 heteroatoms. The standard InChI is InChI=1S/C10H12ClNO2/c1-7(10(13)14-2)12-9-5-3-4-8(11)6-9/h3-7,12H,1-2H3/t7-/m0/s1. The van der Waals surface area contributed by atoms with Gasteiger partial charge in [0.1, 0.15) is 6.04 Å². The van der Waals surface area contributed by atoms with E-state index in [1.54, 1.807) is 19.1 Å². The molecule has 0 aromatic heterocycles. The van der Waals surface area contributed by atoms with Gasteiger partial charge in [-0.3, -0.25) is 0 Å². The molecule has 0 fully saturated rings. The van der Waals surface area contributed by atoms with E-state index in [4.69, 9.17) is 11.6 Å². The number of nitrogens with one attached hydrogen (secondary N) is 1. The number of carbonyl (C=O) groups excluding carboxylic acids is 1. The molecule has 0 amide bonds. The van der Waals surface area contributed by atoms with Crippen LogP contribution in [0.1, 0.15) is 6.92 Å². The molecule has 3 nitrogen and oxygen atoms in total. The van der Waals surface area contributed by atoms with Gasteiger partial charge in [0.2, 0.25) is 0 Å². The highest BCUT2D eigenvalue weighted by Crippen LogP contribution is 2.15. The van der Waals surface area contributed by atoms with E-state index in [2.05, 4.69) is 10.1 Å². The first kappa shape index (κ1) is 10.9. The number of benzene rings is 1. The number of esters is 1. The summed E-state index contributed by atoms with van der Waals surface area (Å²) in [5.41, 5.74) is 0.801. The average molecular weight is 214 g/mol. The maximum atomic E-state index is 11.1. The van der Waals surface area contributed by atoms with Crippen LogP contribution in [-0.2, 0) is 9.53 Å². The number of carbonyl (C=O) groups is 1. The predicted octanol–water partition coefficient (Wildman–Crippen LogP) is 2.31. The summed E-state index contributed by atoms with van der Waals surface area (Å²) in [6.07, 6.45) is 0. The molecule has 0 unspecified atom stereocenters. The largest absolute Gasteiger partial charge is 0.467 e. The zero-order chi connectivity index (χ0) is 10.6. The lowest BCUT2D eigenvalue weighted by atomic mass is 10.2. The Bertz CT molecular complexity index is 328. The van der Waals surface area contributed by atoms with Gasteiger partial charge in [-0.25, -0.2) is 4.79 Å². The van der Waals surface area contributed by atoms with Crippen molar-refractivity contribution in [3.63, 3.8) is 0 Å². The molecule has 1 aromatic rings. The van der Waals surface area contributed by atoms with Crippen molar-refractivity contribution < 1.29 is 9.53 Å². The van der Waals surface area contributed by atoms with E-state index in [9.17, 15) is 4.79 Å². The second-order valence-corrected chi connectivity index (χ2v) is 3.34. The third-order valence-corrected chi connectivity index (χ3v) is 2.00. The normalized spacial score (nSPS) is 11.9. The molecule has 0 aliphatic carbocycles. The molecule has 0 bridgehead atoms. The summed E-state index contributed by atoms with van der Waals surface area (Å²) >= 11 is 5.79. The fraction of sp³-hybridized carbons (Fsp3) is 0.300. The van der Waals surface area contributed by atoms with Crippen LogP contribution in [0.5, 0.6) is 0 Å². The van der Waals surface area contributed by atoms with Crippen LogP contribution in [0.15, 0.2) is 24.3 Å². The Kier molecular flexibility index (Phi) is 3.77. The fourth-order valence-electron chi connectivity index (χ4n) is 1.06. The van der Waals surface area contributed by atoms with Crippen molar-refractivity contribution in [3.05, 3.63) is 29.3 Å². The van der Waals surface area contributed by atoms with Gasteiger partial charge in [0, 0.05) is 10.7 Å². The number of hydrogen-bond acceptors (Lipinski definition) is 3. The number of rotatable bonds is 3. The van der Waals surface area contributed by atoms with Crippen LogP contribution < -0.4 is 5.32 Å². The lowest BCUT2D eigenvalue weighted by molar-refractivity contribution is -0.141. The third-order valence-electron chi connectivity index (χ3n) is 1.76. The van der Waals surface area contributed by atoms with Gasteiger partial charge < -0.3 is 10.1 Å². The summed E-state index contributed by atoms with van der Waals surface area (Å²) in [5, 5.41) is 3.61. The van der Waals surface area contributed by atoms with Crippen LogP contribution >= 0.6 is 11.6 Å². The van der Waals surface area contributed by atoms with Crippen LogP contribution in [0.2, 0.25) is 5.02 Å². The van der Waals surface area contributed by atoms with Crippen molar-refractivity contribution in [2.24, 2.45) is 0 Å². The van der Waals surface area contributed by atoms with Crippen molar-refractivity contribution in [3.8, 4) is 0 Å². The molecular formula is C10H12ClNO2. The summed E-state index contributed by atoms with van der Waals surface area (Å²) in [5.74, 6) is -0.301. The number of anilines is 1. The lowest BCUT2D eigenvalue weighted by Gasteiger charge is -2.12. The Morgan fingerprint density at radius 3 is 2.86 bits per heavy atom. The van der Waals surface area contributed by atoms with Gasteiger partial charge in [-0.1, -0.05) is 17.7 Å². The minimum atomic E-state index is -0.376. The first-order valence-corrected chi connectivity index (χ1v) is 4.61. The zero-order valence-electron chi connectivity index (χ0n) is 8.08. The molecule has 1 atom stereocenters. The van der Waals surface area contributed by atoms with Gasteiger partial charge in [-0.2, -0.15) is 0 Å². The van der Waals surface area contributed by atoms with Gasteiger partial charge in [0.25, 0.3) is 0 Å². The summed E-state index contributed by atoms with van der Waals surface area (Å²) in [4.78, 5) is 11.1. The van der Waals surface area contributed by atoms with E-state index in [0.29, 0.717) is 5.02 Å². The van der Waals surface area contributed by atoms with E-state index in [0.717, 1.165) is 5.69 Å². The number of hydrogen-bond donors (Lipinski definition) is 1. The van der Waals surface area contributed by atoms with Gasteiger partial charge in [-0.05, 0) is 25.1 Å². The molecule has 0 radical (unpaired) electrons. The molecule has 0 saturated carbocycles. The van der Waals surface area contributed by atoms with Gasteiger partial charge in [-0.15, -0.1) is 0 Å². The minimum Gasteiger partial charge on any atom is -0.467 e. The summed E-state index contributed by atoms with van der Waals surface area (Å²) < 4.78 is 4.58. The number of methoxy groups -OCH3 is 1. The maximum absolute atomic E-state index is 11.1. The fourth-order valence-corrected chi connectivity index (χ4v) is 1.25. The van der Waals surface area contributed by atoms with E-state index in [-0.39, 0.29) is 12.0 Å². The topological polar surface area (TPSA) is 38.3 Å². The van der Waals surface area contributed by atoms with Crippen LogP contribution in [0.4, 0.5) is 5.69 Å². The van der Waals surface area contributed by atoms with E-state index < -0.39 is 0 Å². The minimum absolute atomic E-state index is 0.301. The monoisotopic (exact) mass is 213 g/mol. The van der Waals surface area contributed by atoms with Crippen molar-refractivity contribution in [1.82, 2.24) is 0 Å².